The van der Waals surface area contributed by atoms with Crippen molar-refractivity contribution in [1.29, 1.82) is 0 Å². The van der Waals surface area contributed by atoms with E-state index in [1.807, 2.05) is 11.3 Å². The van der Waals surface area contributed by atoms with E-state index in [9.17, 15) is 0 Å². The molecule has 1 aromatic rings. The maximum atomic E-state index is 3.56. The summed E-state index contributed by atoms with van der Waals surface area (Å²) in [5.41, 5.74) is 1.43. The van der Waals surface area contributed by atoms with Crippen LogP contribution in [0.1, 0.15) is 28.2 Å². The molecule has 1 aromatic heterocycles. The molecule has 18 heavy (non-hydrogen) atoms. The Bertz CT molecular complexity index is 337. The van der Waals surface area contributed by atoms with Crippen LogP contribution < -0.4 is 10.6 Å². The molecule has 2 N–H and O–H groups in total. The van der Waals surface area contributed by atoms with Gasteiger partial charge < -0.3 is 10.6 Å². The number of thioether (sulfide) groups is 1. The summed E-state index contributed by atoms with van der Waals surface area (Å²) in [6, 6.07) is 2.31. The molecule has 0 atom stereocenters. The van der Waals surface area contributed by atoms with Crippen LogP contribution in [0.4, 0.5) is 0 Å². The molecule has 2 rings (SSSR count). The quantitative estimate of drug-likeness (QED) is 0.786. The predicted octanol–water partition coefficient (Wildman–Crippen LogP) is 2.94. The molecule has 0 aromatic carbocycles. The van der Waals surface area contributed by atoms with Crippen LogP contribution in [0, 0.1) is 13.8 Å². The van der Waals surface area contributed by atoms with Gasteiger partial charge in [0.2, 0.25) is 0 Å². The summed E-state index contributed by atoms with van der Waals surface area (Å²) in [6.07, 6.45) is 2.68. The fourth-order valence-corrected chi connectivity index (χ4v) is 4.40. The lowest BCUT2D eigenvalue weighted by molar-refractivity contribution is 0.531. The molecule has 0 saturated carbocycles. The smallest absolute Gasteiger partial charge is 0.0300 e. The Balaban J connectivity index is 1.55. The maximum Gasteiger partial charge on any atom is 0.0300 e. The van der Waals surface area contributed by atoms with Crippen LogP contribution in [0.3, 0.4) is 0 Å². The normalized spacial score (nSPS) is 17.2. The van der Waals surface area contributed by atoms with E-state index in [0.717, 1.165) is 18.3 Å². The fourth-order valence-electron chi connectivity index (χ4n) is 2.21. The zero-order chi connectivity index (χ0) is 12.8. The number of hydrogen-bond donors (Lipinski definition) is 2. The van der Waals surface area contributed by atoms with Crippen LogP contribution in [0.2, 0.25) is 0 Å². The molecule has 1 aliphatic heterocycles. The van der Waals surface area contributed by atoms with E-state index in [-0.39, 0.29) is 0 Å². The van der Waals surface area contributed by atoms with Crippen LogP contribution >= 0.6 is 23.1 Å². The minimum absolute atomic E-state index is 0.888. The third kappa shape index (κ3) is 4.57. The topological polar surface area (TPSA) is 24.1 Å². The first-order valence-electron chi connectivity index (χ1n) is 6.84. The first-order valence-corrected chi connectivity index (χ1v) is 8.71. The zero-order valence-corrected chi connectivity index (χ0v) is 13.1. The van der Waals surface area contributed by atoms with Crippen LogP contribution in [0.25, 0.3) is 0 Å². The number of nitrogens with one attached hydrogen (secondary N) is 2. The fraction of sp³-hybridized carbons (Fsp3) is 0.714. The lowest BCUT2D eigenvalue weighted by Crippen LogP contribution is -2.30. The molecule has 2 heterocycles. The standard InChI is InChI=1S/C14H24N2S2/c1-11-9-14(18-12(11)2)10-16-7-8-17-13-3-5-15-6-4-13/h9,13,15-16H,3-8,10H2,1-2H3. The van der Waals surface area contributed by atoms with Crippen molar-refractivity contribution in [3.63, 3.8) is 0 Å². The Morgan fingerprint density at radius 3 is 2.83 bits per heavy atom. The number of aryl methyl sites for hydroxylation is 2. The van der Waals surface area contributed by atoms with Crippen molar-refractivity contribution in [2.24, 2.45) is 0 Å². The SMILES string of the molecule is Cc1cc(CNCCSC2CCNCC2)sc1C. The van der Waals surface area contributed by atoms with E-state index >= 15 is 0 Å². The minimum Gasteiger partial charge on any atom is -0.317 e. The first kappa shape index (κ1) is 14.4. The molecular weight excluding hydrogens is 260 g/mol. The molecule has 0 bridgehead atoms. The number of thiophene rings is 1. The molecule has 4 heteroatoms. The first-order chi connectivity index (χ1) is 8.75. The average molecular weight is 284 g/mol. The van der Waals surface area contributed by atoms with Crippen molar-refractivity contribution >= 4 is 23.1 Å². The van der Waals surface area contributed by atoms with Gasteiger partial charge in [-0.2, -0.15) is 11.8 Å². The zero-order valence-electron chi connectivity index (χ0n) is 11.4. The predicted molar refractivity (Wildman–Crippen MR) is 83.8 cm³/mol. The Kier molecular flexibility index (Phi) is 6.02. The summed E-state index contributed by atoms with van der Waals surface area (Å²) in [7, 11) is 0. The average Bonchev–Trinajstić information content (AvgIpc) is 2.70. The Morgan fingerprint density at radius 1 is 1.39 bits per heavy atom. The maximum absolute atomic E-state index is 3.56. The van der Waals surface area contributed by atoms with E-state index in [1.165, 1.54) is 47.0 Å². The molecule has 1 aliphatic rings. The van der Waals surface area contributed by atoms with E-state index in [2.05, 4.69) is 42.3 Å². The Labute approximate surface area is 119 Å². The van der Waals surface area contributed by atoms with Crippen molar-refractivity contribution in [2.75, 3.05) is 25.4 Å². The molecule has 0 amide bonds. The molecule has 2 nitrogen and oxygen atoms in total. The van der Waals surface area contributed by atoms with E-state index in [1.54, 1.807) is 0 Å². The second-order valence-corrected chi connectivity index (χ2v) is 7.70. The lowest BCUT2D eigenvalue weighted by atomic mass is 10.2. The molecule has 1 fully saturated rings. The largest absolute Gasteiger partial charge is 0.317 e. The molecule has 1 saturated heterocycles. The third-order valence-electron chi connectivity index (χ3n) is 3.43. The van der Waals surface area contributed by atoms with Crippen LogP contribution in [-0.4, -0.2) is 30.6 Å². The molecule has 0 spiro atoms. The van der Waals surface area contributed by atoms with Crippen molar-refractivity contribution in [2.45, 2.75) is 38.5 Å². The van der Waals surface area contributed by atoms with Gasteiger partial charge in [0.05, 0.1) is 0 Å². The van der Waals surface area contributed by atoms with Gasteiger partial charge in [-0.3, -0.25) is 0 Å². The van der Waals surface area contributed by atoms with Crippen molar-refractivity contribution in [3.05, 3.63) is 21.4 Å². The van der Waals surface area contributed by atoms with Gasteiger partial charge in [0.1, 0.15) is 0 Å². The summed E-state index contributed by atoms with van der Waals surface area (Å²) >= 11 is 4.06. The number of rotatable bonds is 6. The van der Waals surface area contributed by atoms with Gasteiger partial charge >= 0.3 is 0 Å². The third-order valence-corrected chi connectivity index (χ3v) is 5.97. The Morgan fingerprint density at radius 2 is 2.17 bits per heavy atom. The van der Waals surface area contributed by atoms with Crippen molar-refractivity contribution in [3.8, 4) is 0 Å². The van der Waals surface area contributed by atoms with Gasteiger partial charge in [-0.25, -0.2) is 0 Å². The molecule has 102 valence electrons. The number of piperidine rings is 1. The summed E-state index contributed by atoms with van der Waals surface area (Å²) in [6.45, 7) is 8.98. The molecule has 0 radical (unpaired) electrons. The highest BCUT2D eigenvalue weighted by Gasteiger charge is 2.12. The highest BCUT2D eigenvalue weighted by atomic mass is 32.2. The second kappa shape index (κ2) is 7.53. The van der Waals surface area contributed by atoms with Gasteiger partial charge in [-0.05, 0) is 51.4 Å². The summed E-state index contributed by atoms with van der Waals surface area (Å²) in [4.78, 5) is 2.92. The Hall–Kier alpha value is -0.0300. The highest BCUT2D eigenvalue weighted by molar-refractivity contribution is 7.99. The van der Waals surface area contributed by atoms with Gasteiger partial charge in [0.25, 0.3) is 0 Å². The molecular formula is C14H24N2S2. The van der Waals surface area contributed by atoms with Gasteiger partial charge in [0, 0.05) is 33.8 Å². The summed E-state index contributed by atoms with van der Waals surface area (Å²) in [5.74, 6) is 1.24. The summed E-state index contributed by atoms with van der Waals surface area (Å²) < 4.78 is 0. The molecule has 0 unspecified atom stereocenters. The van der Waals surface area contributed by atoms with Crippen molar-refractivity contribution in [1.82, 2.24) is 10.6 Å². The second-order valence-electron chi connectivity index (χ2n) is 4.95. The number of hydrogen-bond acceptors (Lipinski definition) is 4. The molecule has 0 aliphatic carbocycles. The van der Waals surface area contributed by atoms with Crippen LogP contribution in [0.15, 0.2) is 6.07 Å². The van der Waals surface area contributed by atoms with Crippen LogP contribution in [0.5, 0.6) is 0 Å². The van der Waals surface area contributed by atoms with Crippen LogP contribution in [-0.2, 0) is 6.54 Å². The minimum atomic E-state index is 0.888. The monoisotopic (exact) mass is 284 g/mol. The van der Waals surface area contributed by atoms with Gasteiger partial charge in [-0.1, -0.05) is 0 Å². The van der Waals surface area contributed by atoms with E-state index in [4.69, 9.17) is 0 Å². The summed E-state index contributed by atoms with van der Waals surface area (Å²) in [5, 5.41) is 7.86. The van der Waals surface area contributed by atoms with E-state index < -0.39 is 0 Å². The highest BCUT2D eigenvalue weighted by Crippen LogP contribution is 2.21. The lowest BCUT2D eigenvalue weighted by Gasteiger charge is -2.21. The van der Waals surface area contributed by atoms with Gasteiger partial charge in [0.15, 0.2) is 0 Å². The van der Waals surface area contributed by atoms with Gasteiger partial charge in [-0.15, -0.1) is 11.3 Å². The van der Waals surface area contributed by atoms with E-state index in [0.29, 0.717) is 0 Å². The van der Waals surface area contributed by atoms with Crippen molar-refractivity contribution < 1.29 is 0 Å².